The molecule has 0 saturated heterocycles. The number of rotatable bonds is 2. The molecule has 4 heteroatoms. The largest absolute Gasteiger partial charge is 0.330 e. The van der Waals surface area contributed by atoms with Gasteiger partial charge in [-0.15, -0.1) is 0 Å². The van der Waals surface area contributed by atoms with Crippen molar-refractivity contribution in [1.82, 2.24) is 9.38 Å². The van der Waals surface area contributed by atoms with E-state index in [2.05, 4.69) is 59.2 Å². The van der Waals surface area contributed by atoms with E-state index in [0.717, 1.165) is 30.0 Å². The molecule has 1 unspecified atom stereocenters. The summed E-state index contributed by atoms with van der Waals surface area (Å²) in [7, 11) is 4.65. The first kappa shape index (κ1) is 15.3. The van der Waals surface area contributed by atoms with Crippen LogP contribution in [0.3, 0.4) is 0 Å². The highest BCUT2D eigenvalue weighted by molar-refractivity contribution is 9.11. The van der Waals surface area contributed by atoms with Crippen LogP contribution in [0.25, 0.3) is 11.1 Å². The summed E-state index contributed by atoms with van der Waals surface area (Å²) in [5.41, 5.74) is 13.5. The van der Waals surface area contributed by atoms with Crippen LogP contribution in [0.1, 0.15) is 30.4 Å². The van der Waals surface area contributed by atoms with Gasteiger partial charge in [-0.05, 0) is 31.1 Å². The molecule has 0 aromatic heterocycles. The van der Waals surface area contributed by atoms with Crippen LogP contribution in [-0.2, 0) is 0 Å². The molecule has 1 saturated carbocycles. The summed E-state index contributed by atoms with van der Waals surface area (Å²) in [4.78, 5) is 2.51. The molecule has 1 fully saturated rings. The minimum Gasteiger partial charge on any atom is -0.330 e. The molecular weight excluding hydrogens is 362 g/mol. The van der Waals surface area contributed by atoms with Crippen molar-refractivity contribution < 1.29 is 0 Å². The Bertz CT molecular complexity index is 792. The molecule has 1 aromatic carbocycles. The third kappa shape index (κ3) is 1.83. The second-order valence-electron chi connectivity index (χ2n) is 8.05. The Morgan fingerprint density at radius 2 is 2.12 bits per heavy atom. The normalized spacial score (nSPS) is 34.9. The van der Waals surface area contributed by atoms with E-state index in [1.165, 1.54) is 45.4 Å². The molecule has 3 nitrogen and oxygen atoms in total. The van der Waals surface area contributed by atoms with Crippen molar-refractivity contribution >= 4 is 32.8 Å². The lowest BCUT2D eigenvalue weighted by Gasteiger charge is -2.40. The van der Waals surface area contributed by atoms with E-state index in [1.807, 2.05) is 0 Å². The molecule has 2 aliphatic heterocycles. The van der Waals surface area contributed by atoms with Crippen molar-refractivity contribution in [2.75, 3.05) is 27.2 Å². The molecule has 0 amide bonds. The molecule has 0 spiro atoms. The van der Waals surface area contributed by atoms with Crippen molar-refractivity contribution in [1.29, 1.82) is 0 Å². The maximum atomic E-state index is 6.00. The van der Waals surface area contributed by atoms with Crippen LogP contribution >= 0.6 is 15.9 Å². The summed E-state index contributed by atoms with van der Waals surface area (Å²) in [6.07, 6.45) is 6.25. The molecule has 5 rings (SSSR count). The number of quaternary nitrogens is 1. The van der Waals surface area contributed by atoms with Crippen molar-refractivity contribution in [3.63, 3.8) is 0 Å². The number of halogens is 1. The summed E-state index contributed by atoms with van der Waals surface area (Å²) >= 11 is 4.03. The van der Waals surface area contributed by atoms with E-state index in [9.17, 15) is 0 Å². The van der Waals surface area contributed by atoms with Crippen LogP contribution in [-0.4, -0.2) is 44.2 Å². The number of nitrogens with two attached hydrogens (primary N) is 1. The highest BCUT2D eigenvalue weighted by atomic mass is 79.9. The fourth-order valence-electron chi connectivity index (χ4n) is 5.13. The number of hydrogen-bond acceptors (Lipinski definition) is 2. The maximum Gasteiger partial charge on any atom is 0.184 e. The van der Waals surface area contributed by atoms with Gasteiger partial charge in [0.15, 0.2) is 4.61 Å². The average molecular weight is 387 g/mol. The van der Waals surface area contributed by atoms with Gasteiger partial charge in [0.1, 0.15) is 5.69 Å². The molecule has 0 bridgehead atoms. The number of fused-ring (bicyclic) bond motifs is 2. The van der Waals surface area contributed by atoms with E-state index in [0.29, 0.717) is 12.0 Å². The van der Waals surface area contributed by atoms with Crippen LogP contribution < -0.4 is 10.2 Å². The smallest absolute Gasteiger partial charge is 0.184 e. The minimum atomic E-state index is 0.469. The van der Waals surface area contributed by atoms with Crippen LogP contribution in [0, 0.1) is 5.92 Å². The Labute approximate surface area is 152 Å². The number of hydrogen-bond donors (Lipinski definition) is 1. The van der Waals surface area contributed by atoms with Crippen molar-refractivity contribution in [3.8, 4) is 0 Å². The lowest BCUT2D eigenvalue weighted by atomic mass is 9.77. The first-order valence-corrected chi connectivity index (χ1v) is 9.86. The average Bonchev–Trinajstić information content (AvgIpc) is 3.41. The zero-order valence-electron chi connectivity index (χ0n) is 14.4. The van der Waals surface area contributed by atoms with Crippen LogP contribution in [0.15, 0.2) is 28.9 Å². The van der Waals surface area contributed by atoms with Crippen LogP contribution in [0.5, 0.6) is 0 Å². The zero-order chi connectivity index (χ0) is 16.6. The third-order valence-corrected chi connectivity index (χ3v) is 7.83. The topological polar surface area (TPSA) is 29.3 Å². The summed E-state index contributed by atoms with van der Waals surface area (Å²) in [5, 5.41) is 0. The Morgan fingerprint density at radius 1 is 1.33 bits per heavy atom. The fraction of sp³-hybridized carbons (Fsp3) is 0.500. The SMILES string of the molecule is CN1C[C@H](CN)C=C2c3cccc4c3C(=C(Br)[N+]4(C)C3CC3)C[C@H]21. The van der Waals surface area contributed by atoms with Gasteiger partial charge in [0.05, 0.1) is 18.7 Å². The highest BCUT2D eigenvalue weighted by Gasteiger charge is 2.54. The van der Waals surface area contributed by atoms with Gasteiger partial charge in [0.2, 0.25) is 0 Å². The predicted octanol–water partition coefficient (Wildman–Crippen LogP) is 3.54. The van der Waals surface area contributed by atoms with E-state index < -0.39 is 0 Å². The molecule has 126 valence electrons. The summed E-state index contributed by atoms with van der Waals surface area (Å²) in [5.74, 6) is 0.469. The van der Waals surface area contributed by atoms with E-state index >= 15 is 0 Å². The first-order chi connectivity index (χ1) is 11.6. The molecule has 2 aliphatic carbocycles. The molecule has 1 aromatic rings. The lowest BCUT2D eigenvalue weighted by molar-refractivity contribution is 0.250. The van der Waals surface area contributed by atoms with E-state index in [-0.39, 0.29) is 0 Å². The fourth-order valence-corrected chi connectivity index (χ4v) is 5.97. The Morgan fingerprint density at radius 3 is 2.83 bits per heavy atom. The second kappa shape index (κ2) is 5.04. The molecule has 4 aliphatic rings. The predicted molar refractivity (Wildman–Crippen MR) is 105 cm³/mol. The molecule has 2 heterocycles. The summed E-state index contributed by atoms with van der Waals surface area (Å²) in [6, 6.07) is 8.16. The van der Waals surface area contributed by atoms with Crippen LogP contribution in [0.4, 0.5) is 5.69 Å². The summed E-state index contributed by atoms with van der Waals surface area (Å²) in [6.45, 7) is 1.80. The molecule has 3 atom stereocenters. The number of benzene rings is 1. The third-order valence-electron chi connectivity index (χ3n) is 6.62. The Kier molecular flexibility index (Phi) is 3.22. The van der Waals surface area contributed by atoms with Crippen molar-refractivity contribution in [2.24, 2.45) is 11.7 Å². The van der Waals surface area contributed by atoms with Gasteiger partial charge in [0.25, 0.3) is 0 Å². The van der Waals surface area contributed by atoms with Crippen LogP contribution in [0.2, 0.25) is 0 Å². The van der Waals surface area contributed by atoms with Gasteiger partial charge in [-0.2, -0.15) is 0 Å². The quantitative estimate of drug-likeness (QED) is 0.621. The van der Waals surface area contributed by atoms with E-state index in [4.69, 9.17) is 5.73 Å². The monoisotopic (exact) mass is 386 g/mol. The molecule has 2 N–H and O–H groups in total. The standard InChI is InChI=1S/C20H25BrN3/c1-23-11-12(10-22)8-15-14-4-3-5-18-19(14)16(9-17(15)23)20(21)24(18,2)13-6-7-13/h3-5,8,12-13,17H,6-7,9-11,22H2,1-2H3/q+1/t12-,17+,24?/m0/s1. The number of likely N-dealkylation sites (N-methyl/N-ethyl adjacent to an activating group) is 1. The maximum absolute atomic E-state index is 6.00. The molecule has 24 heavy (non-hydrogen) atoms. The highest BCUT2D eigenvalue weighted by Crippen LogP contribution is 2.58. The second-order valence-corrected chi connectivity index (χ2v) is 8.80. The van der Waals surface area contributed by atoms with Gasteiger partial charge in [-0.1, -0.05) is 18.2 Å². The first-order valence-electron chi connectivity index (χ1n) is 9.07. The van der Waals surface area contributed by atoms with Gasteiger partial charge in [-0.25, -0.2) is 0 Å². The van der Waals surface area contributed by atoms with Gasteiger partial charge < -0.3 is 5.73 Å². The van der Waals surface area contributed by atoms with Gasteiger partial charge >= 0.3 is 0 Å². The van der Waals surface area contributed by atoms with Crippen molar-refractivity contribution in [3.05, 3.63) is 40.0 Å². The number of nitrogens with zero attached hydrogens (tertiary/aromatic N) is 2. The lowest BCUT2D eigenvalue weighted by Crippen LogP contribution is -2.43. The summed E-state index contributed by atoms with van der Waals surface area (Å²) < 4.78 is 2.38. The minimum absolute atomic E-state index is 0.469. The van der Waals surface area contributed by atoms with Gasteiger partial charge in [-0.3, -0.25) is 9.38 Å². The molecule has 0 radical (unpaired) electrons. The molecular formula is C20H25BrN3+. The zero-order valence-corrected chi connectivity index (χ0v) is 16.0. The van der Waals surface area contributed by atoms with E-state index in [1.54, 1.807) is 0 Å². The van der Waals surface area contributed by atoms with Gasteiger partial charge in [0, 0.05) is 58.9 Å². The van der Waals surface area contributed by atoms with Crippen molar-refractivity contribution in [2.45, 2.75) is 31.3 Å². The Hall–Kier alpha value is -0.940. The Balaban J connectivity index is 1.76.